The number of hydrogen-bond acceptors (Lipinski definition) is 2. The number of carboxylic acid groups (broad SMARTS) is 1. The summed E-state index contributed by atoms with van der Waals surface area (Å²) in [4.78, 5) is 22.3. The maximum atomic E-state index is 13.0. The van der Waals surface area contributed by atoms with Gasteiger partial charge < -0.3 is 10.4 Å². The van der Waals surface area contributed by atoms with Crippen LogP contribution in [-0.2, 0) is 9.59 Å². The average Bonchev–Trinajstić information content (AvgIpc) is 2.26. The van der Waals surface area contributed by atoms with E-state index in [9.17, 15) is 14.0 Å². The van der Waals surface area contributed by atoms with Gasteiger partial charge in [-0.05, 0) is 31.5 Å². The van der Waals surface area contributed by atoms with Gasteiger partial charge in [0.2, 0.25) is 5.91 Å². The molecule has 98 valence electrons. The molecule has 18 heavy (non-hydrogen) atoms. The predicted molar refractivity (Wildman–Crippen MR) is 64.7 cm³/mol. The molecule has 2 N–H and O–H groups in total. The lowest BCUT2D eigenvalue weighted by Gasteiger charge is -2.16. The van der Waals surface area contributed by atoms with Crippen molar-refractivity contribution < 1.29 is 19.1 Å². The van der Waals surface area contributed by atoms with Crippen LogP contribution in [0.3, 0.4) is 0 Å². The summed E-state index contributed by atoms with van der Waals surface area (Å²) in [6.07, 6.45) is -0.137. The Hall–Kier alpha value is -1.91. The first-order chi connectivity index (χ1) is 8.40. The van der Waals surface area contributed by atoms with E-state index in [1.54, 1.807) is 19.9 Å². The molecule has 1 rings (SSSR count). The van der Waals surface area contributed by atoms with Crippen molar-refractivity contribution in [2.75, 3.05) is 0 Å². The zero-order chi connectivity index (χ0) is 13.7. The van der Waals surface area contributed by atoms with Crippen molar-refractivity contribution in [1.29, 1.82) is 0 Å². The number of hydrogen-bond donors (Lipinski definition) is 2. The topological polar surface area (TPSA) is 66.4 Å². The molecule has 5 heteroatoms. The van der Waals surface area contributed by atoms with Crippen molar-refractivity contribution in [2.45, 2.75) is 32.2 Å². The van der Waals surface area contributed by atoms with Crippen molar-refractivity contribution in [3.63, 3.8) is 0 Å². The minimum atomic E-state index is -0.971. The first-order valence-corrected chi connectivity index (χ1v) is 5.67. The Morgan fingerprint density at radius 3 is 2.61 bits per heavy atom. The SMILES string of the molecule is C[C@H](C(=O)N[C@@H](C)CC(=O)O)c1cccc(F)c1. The predicted octanol–water partition coefficient (Wildman–Crippen LogP) is 1.91. The van der Waals surface area contributed by atoms with Crippen LogP contribution in [0.1, 0.15) is 31.7 Å². The van der Waals surface area contributed by atoms with E-state index in [2.05, 4.69) is 5.32 Å². The molecule has 0 aliphatic heterocycles. The van der Waals surface area contributed by atoms with Crippen LogP contribution < -0.4 is 5.32 Å². The minimum absolute atomic E-state index is 0.137. The van der Waals surface area contributed by atoms with Crippen LogP contribution in [0.5, 0.6) is 0 Å². The summed E-state index contributed by atoms with van der Waals surface area (Å²) in [6, 6.07) is 5.35. The summed E-state index contributed by atoms with van der Waals surface area (Å²) in [5.74, 6) is -2.20. The van der Waals surface area contributed by atoms with E-state index in [0.717, 1.165) is 0 Å². The van der Waals surface area contributed by atoms with Crippen LogP contribution in [0.2, 0.25) is 0 Å². The fraction of sp³-hybridized carbons (Fsp3) is 0.385. The highest BCUT2D eigenvalue weighted by atomic mass is 19.1. The third kappa shape index (κ3) is 4.16. The number of rotatable bonds is 5. The van der Waals surface area contributed by atoms with Crippen molar-refractivity contribution in [1.82, 2.24) is 5.32 Å². The lowest BCUT2D eigenvalue weighted by Crippen LogP contribution is -2.36. The molecule has 1 aromatic carbocycles. The Morgan fingerprint density at radius 1 is 1.39 bits per heavy atom. The lowest BCUT2D eigenvalue weighted by molar-refractivity contribution is -0.137. The molecule has 0 aliphatic rings. The van der Waals surface area contributed by atoms with Gasteiger partial charge >= 0.3 is 5.97 Å². The highest BCUT2D eigenvalue weighted by molar-refractivity contribution is 5.83. The molecule has 0 aliphatic carbocycles. The molecule has 0 fully saturated rings. The minimum Gasteiger partial charge on any atom is -0.481 e. The molecule has 4 nitrogen and oxygen atoms in total. The first-order valence-electron chi connectivity index (χ1n) is 5.67. The number of aliphatic carboxylic acids is 1. The third-order valence-corrected chi connectivity index (χ3v) is 2.61. The molecule has 1 aromatic rings. The maximum Gasteiger partial charge on any atom is 0.305 e. The molecular weight excluding hydrogens is 237 g/mol. The lowest BCUT2D eigenvalue weighted by atomic mass is 10.00. The van der Waals surface area contributed by atoms with E-state index in [4.69, 9.17) is 5.11 Å². The quantitative estimate of drug-likeness (QED) is 0.842. The number of carbonyl (C=O) groups is 2. The summed E-state index contributed by atoms with van der Waals surface area (Å²) in [5.41, 5.74) is 0.565. The normalized spacial score (nSPS) is 13.7. The molecule has 0 unspecified atom stereocenters. The zero-order valence-electron chi connectivity index (χ0n) is 10.3. The molecule has 0 radical (unpaired) electrons. The van der Waals surface area contributed by atoms with Crippen molar-refractivity contribution in [2.24, 2.45) is 0 Å². The standard InChI is InChI=1S/C13H16FNO3/c1-8(6-12(16)17)15-13(18)9(2)10-4-3-5-11(14)7-10/h3-5,7-9H,6H2,1-2H3,(H,15,18)(H,16,17)/t8-,9-/m0/s1. The van der Waals surface area contributed by atoms with Crippen molar-refractivity contribution in [3.8, 4) is 0 Å². The summed E-state index contributed by atoms with van der Waals surface area (Å²) in [6.45, 7) is 3.27. The second kappa shape index (κ2) is 6.14. The Bertz CT molecular complexity index is 448. The van der Waals surface area contributed by atoms with E-state index in [-0.39, 0.29) is 12.3 Å². The van der Waals surface area contributed by atoms with E-state index in [0.29, 0.717) is 5.56 Å². The Morgan fingerprint density at radius 2 is 2.06 bits per heavy atom. The smallest absolute Gasteiger partial charge is 0.305 e. The summed E-state index contributed by atoms with van der Waals surface area (Å²) in [7, 11) is 0. The monoisotopic (exact) mass is 253 g/mol. The van der Waals surface area contributed by atoms with Crippen LogP contribution >= 0.6 is 0 Å². The van der Waals surface area contributed by atoms with E-state index >= 15 is 0 Å². The second-order valence-corrected chi connectivity index (χ2v) is 4.28. The van der Waals surface area contributed by atoms with Gasteiger partial charge in [-0.1, -0.05) is 12.1 Å². The number of nitrogens with one attached hydrogen (secondary N) is 1. The summed E-state index contributed by atoms with van der Waals surface area (Å²) in [5, 5.41) is 11.2. The second-order valence-electron chi connectivity index (χ2n) is 4.28. The van der Waals surface area contributed by atoms with Crippen LogP contribution in [0.15, 0.2) is 24.3 Å². The van der Waals surface area contributed by atoms with Crippen molar-refractivity contribution in [3.05, 3.63) is 35.6 Å². The van der Waals surface area contributed by atoms with Gasteiger partial charge in [-0.2, -0.15) is 0 Å². The number of carbonyl (C=O) groups excluding carboxylic acids is 1. The van der Waals surface area contributed by atoms with Crippen LogP contribution in [0, 0.1) is 5.82 Å². The van der Waals surface area contributed by atoms with Crippen LogP contribution in [0.25, 0.3) is 0 Å². The number of amides is 1. The zero-order valence-corrected chi connectivity index (χ0v) is 10.3. The molecule has 0 saturated carbocycles. The van der Waals surface area contributed by atoms with Gasteiger partial charge in [0.25, 0.3) is 0 Å². The summed E-state index contributed by atoms with van der Waals surface area (Å²) < 4.78 is 13.0. The van der Waals surface area contributed by atoms with E-state index < -0.39 is 23.7 Å². The highest BCUT2D eigenvalue weighted by Gasteiger charge is 2.18. The number of halogens is 1. The van der Waals surface area contributed by atoms with Gasteiger partial charge in [-0.15, -0.1) is 0 Å². The Labute approximate surface area is 105 Å². The maximum absolute atomic E-state index is 13.0. The number of benzene rings is 1. The van der Waals surface area contributed by atoms with Crippen LogP contribution in [-0.4, -0.2) is 23.0 Å². The first kappa shape index (κ1) is 14.2. The molecular formula is C13H16FNO3. The molecule has 1 amide bonds. The van der Waals surface area contributed by atoms with E-state index in [1.165, 1.54) is 18.2 Å². The largest absolute Gasteiger partial charge is 0.481 e. The van der Waals surface area contributed by atoms with Gasteiger partial charge in [0.05, 0.1) is 12.3 Å². The third-order valence-electron chi connectivity index (χ3n) is 2.61. The summed E-state index contributed by atoms with van der Waals surface area (Å²) >= 11 is 0. The highest BCUT2D eigenvalue weighted by Crippen LogP contribution is 2.16. The van der Waals surface area contributed by atoms with Crippen molar-refractivity contribution >= 4 is 11.9 Å². The van der Waals surface area contributed by atoms with Gasteiger partial charge in [0.15, 0.2) is 0 Å². The number of carboxylic acids is 1. The molecule has 0 heterocycles. The molecule has 0 saturated heterocycles. The fourth-order valence-electron chi connectivity index (χ4n) is 1.61. The van der Waals surface area contributed by atoms with Gasteiger partial charge in [0, 0.05) is 6.04 Å². The van der Waals surface area contributed by atoms with Gasteiger partial charge in [-0.25, -0.2) is 4.39 Å². The van der Waals surface area contributed by atoms with Crippen LogP contribution in [0.4, 0.5) is 4.39 Å². The fourth-order valence-corrected chi connectivity index (χ4v) is 1.61. The Kier molecular flexibility index (Phi) is 4.83. The molecule has 0 aromatic heterocycles. The molecule has 0 spiro atoms. The molecule has 0 bridgehead atoms. The van der Waals surface area contributed by atoms with E-state index in [1.807, 2.05) is 0 Å². The Balaban J connectivity index is 2.64. The van der Waals surface area contributed by atoms with Gasteiger partial charge in [0.1, 0.15) is 5.82 Å². The van der Waals surface area contributed by atoms with Gasteiger partial charge in [-0.3, -0.25) is 9.59 Å². The average molecular weight is 253 g/mol. The molecule has 2 atom stereocenters.